The van der Waals surface area contributed by atoms with Gasteiger partial charge < -0.3 is 20.1 Å². The number of anilines is 1. The van der Waals surface area contributed by atoms with Gasteiger partial charge in [-0.1, -0.05) is 0 Å². The van der Waals surface area contributed by atoms with Crippen LogP contribution in [0.5, 0.6) is 0 Å². The molecule has 2 amide bonds. The van der Waals surface area contributed by atoms with Gasteiger partial charge in [0.2, 0.25) is 0 Å². The van der Waals surface area contributed by atoms with Crippen LogP contribution in [0.4, 0.5) is 23.7 Å². The van der Waals surface area contributed by atoms with Gasteiger partial charge >= 0.3 is 6.03 Å². The van der Waals surface area contributed by atoms with Gasteiger partial charge in [-0.3, -0.25) is 0 Å². The Bertz CT molecular complexity index is 510. The number of hydrogen-bond donors (Lipinski definition) is 2. The number of halogens is 3. The Balaban J connectivity index is 1.82. The fraction of sp³-hybridized carbons (Fsp3) is 0.462. The summed E-state index contributed by atoms with van der Waals surface area (Å²) >= 11 is 0. The van der Waals surface area contributed by atoms with Crippen LogP contribution in [0, 0.1) is 17.5 Å². The van der Waals surface area contributed by atoms with Crippen LogP contribution in [0.2, 0.25) is 0 Å². The second kappa shape index (κ2) is 6.31. The van der Waals surface area contributed by atoms with Crippen LogP contribution in [0.3, 0.4) is 0 Å². The van der Waals surface area contributed by atoms with Crippen molar-refractivity contribution in [3.05, 3.63) is 29.6 Å². The minimum absolute atomic E-state index is 0.177. The first kappa shape index (κ1) is 15.6. The number of amides is 2. The lowest BCUT2D eigenvalue weighted by Gasteiger charge is -2.22. The van der Waals surface area contributed by atoms with E-state index in [1.165, 1.54) is 0 Å². The van der Waals surface area contributed by atoms with Crippen molar-refractivity contribution in [1.82, 2.24) is 5.32 Å². The second-order valence-electron chi connectivity index (χ2n) is 4.72. The van der Waals surface area contributed by atoms with Crippen molar-refractivity contribution < 1.29 is 27.4 Å². The monoisotopic (exact) mass is 304 g/mol. The minimum atomic E-state index is -1.58. The molecule has 116 valence electrons. The average molecular weight is 304 g/mol. The molecule has 1 saturated heterocycles. The molecule has 0 bridgehead atoms. The molecular formula is C13H15F3N2O3. The number of carbonyl (C=O) groups is 1. The maximum absolute atomic E-state index is 13.0. The lowest BCUT2D eigenvalue weighted by atomic mass is 10.2. The van der Waals surface area contributed by atoms with Crippen LogP contribution in [0.25, 0.3) is 0 Å². The summed E-state index contributed by atoms with van der Waals surface area (Å²) in [6.45, 7) is 2.99. The van der Waals surface area contributed by atoms with E-state index in [1.807, 2.05) is 0 Å². The van der Waals surface area contributed by atoms with Gasteiger partial charge in [0.15, 0.2) is 23.2 Å². The van der Waals surface area contributed by atoms with Gasteiger partial charge in [-0.05, 0) is 6.92 Å². The Morgan fingerprint density at radius 2 is 1.81 bits per heavy atom. The Labute approximate surface area is 119 Å². The summed E-state index contributed by atoms with van der Waals surface area (Å²) in [5, 5.41) is 4.70. The van der Waals surface area contributed by atoms with E-state index in [1.54, 1.807) is 6.92 Å². The minimum Gasteiger partial charge on any atom is -0.348 e. The highest BCUT2D eigenvalue weighted by molar-refractivity contribution is 5.89. The fourth-order valence-corrected chi connectivity index (χ4v) is 1.91. The van der Waals surface area contributed by atoms with Crippen molar-refractivity contribution in [2.45, 2.75) is 19.1 Å². The molecule has 1 aliphatic rings. The molecule has 1 aromatic rings. The summed E-state index contributed by atoms with van der Waals surface area (Å²) in [6, 6.07) is 0.729. The number of rotatable bonds is 4. The summed E-state index contributed by atoms with van der Waals surface area (Å²) in [6.07, 6.45) is 0.423. The van der Waals surface area contributed by atoms with Crippen molar-refractivity contribution in [3.8, 4) is 0 Å². The number of hydrogen-bond acceptors (Lipinski definition) is 3. The second-order valence-corrected chi connectivity index (χ2v) is 4.72. The first-order valence-corrected chi connectivity index (χ1v) is 6.37. The molecule has 2 rings (SSSR count). The highest BCUT2D eigenvalue weighted by Crippen LogP contribution is 2.21. The first-order chi connectivity index (χ1) is 9.89. The normalized spacial score (nSPS) is 16.8. The maximum Gasteiger partial charge on any atom is 0.319 e. The molecular weight excluding hydrogens is 289 g/mol. The zero-order valence-electron chi connectivity index (χ0n) is 11.3. The largest absolute Gasteiger partial charge is 0.348 e. The average Bonchev–Trinajstić information content (AvgIpc) is 2.83. The molecule has 1 fully saturated rings. The zero-order valence-corrected chi connectivity index (χ0v) is 11.3. The molecule has 0 saturated carbocycles. The maximum atomic E-state index is 13.0. The van der Waals surface area contributed by atoms with E-state index in [0.29, 0.717) is 31.8 Å². The molecule has 8 heteroatoms. The van der Waals surface area contributed by atoms with Crippen LogP contribution in [-0.4, -0.2) is 31.6 Å². The van der Waals surface area contributed by atoms with Crippen LogP contribution >= 0.6 is 0 Å². The molecule has 0 radical (unpaired) electrons. The summed E-state index contributed by atoms with van der Waals surface area (Å²) in [5.41, 5.74) is -0.177. The predicted molar refractivity (Wildman–Crippen MR) is 68.3 cm³/mol. The molecule has 1 aliphatic heterocycles. The fourth-order valence-electron chi connectivity index (χ4n) is 1.91. The number of nitrogens with one attached hydrogen (secondary N) is 2. The van der Waals surface area contributed by atoms with Crippen molar-refractivity contribution in [3.63, 3.8) is 0 Å². The first-order valence-electron chi connectivity index (χ1n) is 6.37. The zero-order chi connectivity index (χ0) is 15.5. The summed E-state index contributed by atoms with van der Waals surface area (Å²) in [7, 11) is 0. The molecule has 21 heavy (non-hydrogen) atoms. The van der Waals surface area contributed by atoms with E-state index in [0.717, 1.165) is 0 Å². The lowest BCUT2D eigenvalue weighted by molar-refractivity contribution is -0.145. The summed E-state index contributed by atoms with van der Waals surface area (Å²) < 4.78 is 49.4. The molecule has 0 atom stereocenters. The molecule has 1 aromatic carbocycles. The quantitative estimate of drug-likeness (QED) is 0.840. The third-order valence-corrected chi connectivity index (χ3v) is 3.00. The summed E-state index contributed by atoms with van der Waals surface area (Å²) in [4.78, 5) is 11.6. The van der Waals surface area contributed by atoms with Gasteiger partial charge in [-0.2, -0.15) is 0 Å². The number of ether oxygens (including phenoxy) is 2. The number of carbonyl (C=O) groups excluding carboxylic acids is 1. The molecule has 0 spiro atoms. The van der Waals surface area contributed by atoms with E-state index in [4.69, 9.17) is 9.47 Å². The van der Waals surface area contributed by atoms with Gasteiger partial charge in [0.1, 0.15) is 0 Å². The van der Waals surface area contributed by atoms with Crippen molar-refractivity contribution in [1.29, 1.82) is 0 Å². The van der Waals surface area contributed by atoms with Gasteiger partial charge in [0, 0.05) is 30.8 Å². The Hall–Kier alpha value is -1.80. The summed E-state index contributed by atoms with van der Waals surface area (Å²) in [5.74, 6) is -5.05. The Morgan fingerprint density at radius 3 is 2.38 bits per heavy atom. The van der Waals surface area contributed by atoms with Gasteiger partial charge in [0.25, 0.3) is 0 Å². The Morgan fingerprint density at radius 1 is 1.24 bits per heavy atom. The van der Waals surface area contributed by atoms with E-state index >= 15 is 0 Å². The van der Waals surface area contributed by atoms with Crippen LogP contribution in [-0.2, 0) is 9.47 Å². The molecule has 2 N–H and O–H groups in total. The predicted octanol–water partition coefficient (Wildman–Crippen LogP) is 2.38. The number of urea groups is 1. The smallest absolute Gasteiger partial charge is 0.319 e. The van der Waals surface area contributed by atoms with E-state index in [2.05, 4.69) is 10.6 Å². The van der Waals surface area contributed by atoms with Crippen LogP contribution < -0.4 is 10.6 Å². The Kier molecular flexibility index (Phi) is 4.69. The molecule has 5 nitrogen and oxygen atoms in total. The van der Waals surface area contributed by atoms with Crippen LogP contribution in [0.1, 0.15) is 13.3 Å². The van der Waals surface area contributed by atoms with Crippen molar-refractivity contribution in [2.75, 3.05) is 25.1 Å². The van der Waals surface area contributed by atoms with Crippen molar-refractivity contribution >= 4 is 11.7 Å². The van der Waals surface area contributed by atoms with Gasteiger partial charge in [-0.25, -0.2) is 18.0 Å². The standard InChI is InChI=1S/C13H15F3N2O3/c1-13(20-4-5-21-13)2-3-17-12(19)18-8-6-9(14)11(16)10(15)7-8/h6-7H,2-5H2,1H3,(H2,17,18,19). The molecule has 1 heterocycles. The molecule has 0 unspecified atom stereocenters. The highest BCUT2D eigenvalue weighted by Gasteiger charge is 2.30. The lowest BCUT2D eigenvalue weighted by Crippen LogP contribution is -2.35. The molecule has 0 aromatic heterocycles. The molecule has 0 aliphatic carbocycles. The topological polar surface area (TPSA) is 59.6 Å². The number of benzene rings is 1. The highest BCUT2D eigenvalue weighted by atomic mass is 19.2. The third kappa shape index (κ3) is 4.08. The van der Waals surface area contributed by atoms with Crippen LogP contribution in [0.15, 0.2) is 12.1 Å². The SMILES string of the molecule is CC1(CCNC(=O)Nc2cc(F)c(F)c(F)c2)OCCO1. The van der Waals surface area contributed by atoms with Crippen molar-refractivity contribution in [2.24, 2.45) is 0 Å². The van der Waals surface area contributed by atoms with E-state index in [9.17, 15) is 18.0 Å². The van der Waals surface area contributed by atoms with Gasteiger partial charge in [-0.15, -0.1) is 0 Å². The van der Waals surface area contributed by atoms with Gasteiger partial charge in [0.05, 0.1) is 13.2 Å². The van der Waals surface area contributed by atoms with E-state index < -0.39 is 29.3 Å². The van der Waals surface area contributed by atoms with E-state index in [-0.39, 0.29) is 12.2 Å². The third-order valence-electron chi connectivity index (χ3n) is 3.00.